The van der Waals surface area contributed by atoms with Crippen molar-refractivity contribution in [2.24, 2.45) is 5.41 Å². The minimum absolute atomic E-state index is 0.0636. The van der Waals surface area contributed by atoms with E-state index in [0.717, 1.165) is 0 Å². The van der Waals surface area contributed by atoms with Gasteiger partial charge in [0.25, 0.3) is 5.91 Å². The summed E-state index contributed by atoms with van der Waals surface area (Å²) in [5.74, 6) is 0.0365. The van der Waals surface area contributed by atoms with Crippen molar-refractivity contribution >= 4 is 17.4 Å². The molecule has 1 aliphatic rings. The molecular weight excluding hydrogens is 305 g/mol. The zero-order chi connectivity index (χ0) is 17.5. The van der Waals surface area contributed by atoms with E-state index in [4.69, 9.17) is 0 Å². The fraction of sp³-hybridized carbons (Fsp3) is 0.368. The van der Waals surface area contributed by atoms with E-state index in [1.807, 2.05) is 4.90 Å². The zero-order valence-electron chi connectivity index (χ0n) is 14.4. The molecule has 0 saturated carbocycles. The second-order valence-electron chi connectivity index (χ2n) is 7.37. The number of likely N-dealkylation sites (tertiary alicyclic amines) is 1. The Balaban J connectivity index is 1.89. The van der Waals surface area contributed by atoms with Crippen LogP contribution in [0.1, 0.15) is 38.1 Å². The van der Waals surface area contributed by atoms with E-state index in [1.54, 1.807) is 30.5 Å². The number of carbonyl (C=O) groups excluding carboxylic acids is 1. The number of amides is 1. The lowest BCUT2D eigenvalue weighted by molar-refractivity contribution is -0.0881. The highest BCUT2D eigenvalue weighted by Gasteiger charge is 2.54. The topological polar surface area (TPSA) is 45.2 Å². The van der Waals surface area contributed by atoms with Gasteiger partial charge in [0.05, 0.1) is 5.56 Å². The van der Waals surface area contributed by atoms with Crippen LogP contribution in [0.3, 0.4) is 0 Å². The summed E-state index contributed by atoms with van der Waals surface area (Å²) in [5.41, 5.74) is 0.896. The van der Waals surface area contributed by atoms with Gasteiger partial charge in [-0.25, -0.2) is 9.37 Å². The highest BCUT2D eigenvalue weighted by molar-refractivity contribution is 6.00. The number of nitrogens with one attached hydrogen (secondary N) is 1. The number of hydrogen-bond acceptors (Lipinski definition) is 3. The van der Waals surface area contributed by atoms with E-state index in [9.17, 15) is 9.18 Å². The third-order valence-electron chi connectivity index (χ3n) is 5.26. The molecule has 24 heavy (non-hydrogen) atoms. The third kappa shape index (κ3) is 2.64. The number of halogens is 1. The van der Waals surface area contributed by atoms with Crippen LogP contribution in [0, 0.1) is 11.2 Å². The summed E-state index contributed by atoms with van der Waals surface area (Å²) < 4.78 is 13.4. The number of benzene rings is 1. The SMILES string of the molecule is CC1(C)CN(C(=O)c2cccnc2Nc2cccc(F)c2)C1(C)C. The standard InChI is InChI=1S/C19H22FN3O/c1-18(2)12-23(19(18,3)4)17(24)15-9-6-10-21-16(15)22-14-8-5-7-13(20)11-14/h5-11H,12H2,1-4H3,(H,21,22). The van der Waals surface area contributed by atoms with Crippen molar-refractivity contribution in [3.8, 4) is 0 Å². The van der Waals surface area contributed by atoms with Crippen LogP contribution < -0.4 is 5.32 Å². The molecule has 1 N–H and O–H groups in total. The van der Waals surface area contributed by atoms with Gasteiger partial charge in [0, 0.05) is 29.4 Å². The molecule has 1 saturated heterocycles. The van der Waals surface area contributed by atoms with E-state index in [0.29, 0.717) is 23.6 Å². The van der Waals surface area contributed by atoms with Gasteiger partial charge in [-0.1, -0.05) is 19.9 Å². The largest absolute Gasteiger partial charge is 0.339 e. The molecule has 2 heterocycles. The van der Waals surface area contributed by atoms with Gasteiger partial charge in [-0.05, 0) is 44.2 Å². The van der Waals surface area contributed by atoms with Gasteiger partial charge in [0.2, 0.25) is 0 Å². The molecule has 0 atom stereocenters. The maximum Gasteiger partial charge on any atom is 0.258 e. The molecule has 3 rings (SSSR count). The Morgan fingerprint density at radius 3 is 2.58 bits per heavy atom. The Kier molecular flexibility index (Phi) is 3.82. The van der Waals surface area contributed by atoms with E-state index in [1.165, 1.54) is 12.1 Å². The fourth-order valence-corrected chi connectivity index (χ4v) is 2.91. The van der Waals surface area contributed by atoms with Crippen molar-refractivity contribution in [1.82, 2.24) is 9.88 Å². The Bertz CT molecular complexity index is 786. The number of hydrogen-bond donors (Lipinski definition) is 1. The summed E-state index contributed by atoms with van der Waals surface area (Å²) in [6.45, 7) is 9.17. The lowest BCUT2D eigenvalue weighted by Gasteiger charge is -2.61. The quantitative estimate of drug-likeness (QED) is 0.918. The van der Waals surface area contributed by atoms with Gasteiger partial charge in [-0.2, -0.15) is 0 Å². The fourth-order valence-electron chi connectivity index (χ4n) is 2.91. The molecule has 126 valence electrons. The minimum atomic E-state index is -0.338. The summed E-state index contributed by atoms with van der Waals surface area (Å²) in [4.78, 5) is 19.1. The monoisotopic (exact) mass is 327 g/mol. The molecule has 0 aliphatic carbocycles. The maximum absolute atomic E-state index is 13.4. The molecule has 1 amide bonds. The molecule has 0 bridgehead atoms. The molecule has 0 spiro atoms. The van der Waals surface area contributed by atoms with Gasteiger partial charge in [-0.15, -0.1) is 0 Å². The lowest BCUT2D eigenvalue weighted by atomic mass is 9.65. The Labute approximate surface area is 141 Å². The van der Waals surface area contributed by atoms with Crippen LogP contribution in [0.25, 0.3) is 0 Å². The predicted octanol–water partition coefficient (Wildman–Crippen LogP) is 4.22. The van der Waals surface area contributed by atoms with E-state index in [-0.39, 0.29) is 22.7 Å². The molecular formula is C19H22FN3O. The number of aromatic nitrogens is 1. The van der Waals surface area contributed by atoms with Crippen LogP contribution in [0.5, 0.6) is 0 Å². The maximum atomic E-state index is 13.4. The number of anilines is 2. The summed E-state index contributed by atoms with van der Waals surface area (Å²) in [5, 5.41) is 3.05. The molecule has 1 aliphatic heterocycles. The second kappa shape index (κ2) is 5.58. The van der Waals surface area contributed by atoms with Crippen molar-refractivity contribution in [3.63, 3.8) is 0 Å². The Morgan fingerprint density at radius 1 is 1.21 bits per heavy atom. The van der Waals surface area contributed by atoms with Crippen molar-refractivity contribution in [1.29, 1.82) is 0 Å². The van der Waals surface area contributed by atoms with Crippen molar-refractivity contribution in [2.75, 3.05) is 11.9 Å². The Morgan fingerprint density at radius 2 is 1.96 bits per heavy atom. The molecule has 2 aromatic rings. The first-order valence-electron chi connectivity index (χ1n) is 8.02. The first kappa shape index (κ1) is 16.4. The second-order valence-corrected chi connectivity index (χ2v) is 7.37. The van der Waals surface area contributed by atoms with Crippen molar-refractivity contribution < 1.29 is 9.18 Å². The van der Waals surface area contributed by atoms with Gasteiger partial charge in [0.15, 0.2) is 0 Å². The third-order valence-corrected chi connectivity index (χ3v) is 5.26. The number of nitrogens with zero attached hydrogens (tertiary/aromatic N) is 2. The lowest BCUT2D eigenvalue weighted by Crippen LogP contribution is -2.70. The molecule has 0 radical (unpaired) electrons. The van der Waals surface area contributed by atoms with Gasteiger partial charge >= 0.3 is 0 Å². The molecule has 4 nitrogen and oxygen atoms in total. The van der Waals surface area contributed by atoms with Crippen LogP contribution in [0.4, 0.5) is 15.9 Å². The van der Waals surface area contributed by atoms with Crippen LogP contribution >= 0.6 is 0 Å². The average molecular weight is 327 g/mol. The molecule has 1 aromatic carbocycles. The van der Waals surface area contributed by atoms with Crippen LogP contribution in [-0.2, 0) is 0 Å². The molecule has 5 heteroatoms. The minimum Gasteiger partial charge on any atom is -0.339 e. The zero-order valence-corrected chi connectivity index (χ0v) is 14.4. The average Bonchev–Trinajstić information content (AvgIpc) is 2.52. The number of rotatable bonds is 3. The number of pyridine rings is 1. The predicted molar refractivity (Wildman–Crippen MR) is 92.8 cm³/mol. The van der Waals surface area contributed by atoms with Crippen LogP contribution in [0.15, 0.2) is 42.6 Å². The van der Waals surface area contributed by atoms with Crippen LogP contribution in [0.2, 0.25) is 0 Å². The van der Waals surface area contributed by atoms with Crippen LogP contribution in [-0.4, -0.2) is 27.9 Å². The smallest absolute Gasteiger partial charge is 0.258 e. The normalized spacial score (nSPS) is 18.0. The van der Waals surface area contributed by atoms with Crippen molar-refractivity contribution in [2.45, 2.75) is 33.2 Å². The summed E-state index contributed by atoms with van der Waals surface area (Å²) in [6, 6.07) is 9.59. The molecule has 0 unspecified atom stereocenters. The molecule has 1 fully saturated rings. The molecule has 1 aromatic heterocycles. The van der Waals surface area contributed by atoms with Gasteiger partial charge in [-0.3, -0.25) is 4.79 Å². The highest BCUT2D eigenvalue weighted by atomic mass is 19.1. The Hall–Kier alpha value is -2.43. The first-order chi connectivity index (χ1) is 11.2. The van der Waals surface area contributed by atoms with Gasteiger partial charge < -0.3 is 10.2 Å². The highest BCUT2D eigenvalue weighted by Crippen LogP contribution is 2.47. The van der Waals surface area contributed by atoms with Crippen molar-refractivity contribution in [3.05, 3.63) is 54.0 Å². The summed E-state index contributed by atoms with van der Waals surface area (Å²) >= 11 is 0. The van der Waals surface area contributed by atoms with E-state index >= 15 is 0 Å². The summed E-state index contributed by atoms with van der Waals surface area (Å²) in [6.07, 6.45) is 1.61. The van der Waals surface area contributed by atoms with E-state index < -0.39 is 0 Å². The number of carbonyl (C=O) groups is 1. The first-order valence-corrected chi connectivity index (χ1v) is 8.02. The van der Waals surface area contributed by atoms with Gasteiger partial charge in [0.1, 0.15) is 11.6 Å². The van der Waals surface area contributed by atoms with E-state index in [2.05, 4.69) is 38.0 Å². The summed E-state index contributed by atoms with van der Waals surface area (Å²) in [7, 11) is 0.